The molecular weight excluding hydrogens is 269 g/mol. The van der Waals surface area contributed by atoms with Crippen molar-refractivity contribution < 1.29 is 4.74 Å². The predicted octanol–water partition coefficient (Wildman–Crippen LogP) is 3.55. The van der Waals surface area contributed by atoms with Gasteiger partial charge < -0.3 is 10.1 Å². The molecule has 1 heterocycles. The maximum Gasteiger partial charge on any atom is 0.0757 e. The van der Waals surface area contributed by atoms with E-state index < -0.39 is 0 Å². The zero-order chi connectivity index (χ0) is 13.1. The Morgan fingerprint density at radius 1 is 1.39 bits per heavy atom. The molecular formula is C14H19Cl2NO. The van der Waals surface area contributed by atoms with Crippen LogP contribution in [0.2, 0.25) is 10.0 Å². The summed E-state index contributed by atoms with van der Waals surface area (Å²) < 4.78 is 5.82. The Morgan fingerprint density at radius 2 is 2.17 bits per heavy atom. The molecule has 1 N–H and O–H groups in total. The van der Waals surface area contributed by atoms with Gasteiger partial charge in [0.25, 0.3) is 0 Å². The Labute approximate surface area is 119 Å². The SMILES string of the molecule is CNC(Cc1ccc(Cl)c(Cl)c1)C1OCCC1C. The number of likely N-dealkylation sites (N-methyl/N-ethyl adjacent to an activating group) is 1. The van der Waals surface area contributed by atoms with Gasteiger partial charge in [-0.05, 0) is 43.5 Å². The van der Waals surface area contributed by atoms with Gasteiger partial charge in [0.15, 0.2) is 0 Å². The van der Waals surface area contributed by atoms with Gasteiger partial charge >= 0.3 is 0 Å². The van der Waals surface area contributed by atoms with E-state index in [0.29, 0.717) is 22.0 Å². The van der Waals surface area contributed by atoms with E-state index in [1.54, 1.807) is 0 Å². The van der Waals surface area contributed by atoms with Crippen molar-refractivity contribution in [2.24, 2.45) is 5.92 Å². The number of ether oxygens (including phenoxy) is 1. The Kier molecular flexibility index (Phi) is 4.91. The Balaban J connectivity index is 2.07. The van der Waals surface area contributed by atoms with E-state index in [1.165, 1.54) is 5.56 Å². The van der Waals surface area contributed by atoms with Crippen molar-refractivity contribution in [1.82, 2.24) is 5.32 Å². The Bertz CT molecular complexity index is 411. The minimum absolute atomic E-state index is 0.282. The van der Waals surface area contributed by atoms with E-state index in [2.05, 4.69) is 12.2 Å². The van der Waals surface area contributed by atoms with Crippen molar-refractivity contribution in [1.29, 1.82) is 0 Å². The van der Waals surface area contributed by atoms with Crippen LogP contribution in [0.25, 0.3) is 0 Å². The summed E-state index contributed by atoms with van der Waals surface area (Å²) in [6.07, 6.45) is 2.33. The standard InChI is InChI=1S/C14H19Cl2NO/c1-9-5-6-18-14(9)13(17-2)8-10-3-4-11(15)12(16)7-10/h3-4,7,9,13-14,17H,5-6,8H2,1-2H3. The maximum atomic E-state index is 6.05. The minimum Gasteiger partial charge on any atom is -0.376 e. The lowest BCUT2D eigenvalue weighted by Crippen LogP contribution is -2.41. The second kappa shape index (κ2) is 6.25. The van der Waals surface area contributed by atoms with Crippen molar-refractivity contribution in [2.45, 2.75) is 31.9 Å². The van der Waals surface area contributed by atoms with E-state index in [0.717, 1.165) is 19.4 Å². The van der Waals surface area contributed by atoms with Crippen molar-refractivity contribution in [3.8, 4) is 0 Å². The third kappa shape index (κ3) is 3.18. The molecule has 2 rings (SSSR count). The van der Waals surface area contributed by atoms with Crippen LogP contribution < -0.4 is 5.32 Å². The lowest BCUT2D eigenvalue weighted by molar-refractivity contribution is 0.0634. The lowest BCUT2D eigenvalue weighted by atomic mass is 9.93. The summed E-state index contributed by atoms with van der Waals surface area (Å²) in [5.74, 6) is 0.602. The van der Waals surface area contributed by atoms with Crippen LogP contribution in [-0.2, 0) is 11.2 Å². The second-order valence-corrected chi connectivity index (χ2v) is 5.76. The number of nitrogens with one attached hydrogen (secondary N) is 1. The highest BCUT2D eigenvalue weighted by molar-refractivity contribution is 6.42. The van der Waals surface area contributed by atoms with Gasteiger partial charge in [-0.2, -0.15) is 0 Å². The molecule has 1 aliphatic rings. The highest BCUT2D eigenvalue weighted by Gasteiger charge is 2.31. The topological polar surface area (TPSA) is 21.3 Å². The normalized spacial score (nSPS) is 25.3. The summed E-state index contributed by atoms with van der Waals surface area (Å²) in [6.45, 7) is 3.11. The zero-order valence-corrected chi connectivity index (χ0v) is 12.3. The summed E-state index contributed by atoms with van der Waals surface area (Å²) in [6, 6.07) is 6.14. The fourth-order valence-corrected chi connectivity index (χ4v) is 2.85. The lowest BCUT2D eigenvalue weighted by Gasteiger charge is -2.26. The quantitative estimate of drug-likeness (QED) is 0.915. The monoisotopic (exact) mass is 287 g/mol. The van der Waals surface area contributed by atoms with Gasteiger partial charge in [0, 0.05) is 12.6 Å². The Morgan fingerprint density at radius 3 is 2.72 bits per heavy atom. The van der Waals surface area contributed by atoms with Gasteiger partial charge in [0.05, 0.1) is 16.1 Å². The van der Waals surface area contributed by atoms with Crippen molar-refractivity contribution in [3.05, 3.63) is 33.8 Å². The molecule has 4 heteroatoms. The molecule has 1 aromatic rings. The van der Waals surface area contributed by atoms with Gasteiger partial charge in [-0.1, -0.05) is 36.2 Å². The highest BCUT2D eigenvalue weighted by atomic mass is 35.5. The molecule has 1 aromatic carbocycles. The van der Waals surface area contributed by atoms with Crippen molar-refractivity contribution >= 4 is 23.2 Å². The van der Waals surface area contributed by atoms with Crippen LogP contribution in [0.4, 0.5) is 0 Å². The molecule has 0 aromatic heterocycles. The fourth-order valence-electron chi connectivity index (χ4n) is 2.53. The number of halogens is 2. The summed E-state index contributed by atoms with van der Waals surface area (Å²) in [4.78, 5) is 0. The molecule has 100 valence electrons. The van der Waals surface area contributed by atoms with E-state index in [-0.39, 0.29) is 6.10 Å². The number of rotatable bonds is 4. The largest absolute Gasteiger partial charge is 0.376 e. The first-order chi connectivity index (χ1) is 8.61. The molecule has 0 spiro atoms. The Hall–Kier alpha value is -0.280. The van der Waals surface area contributed by atoms with Gasteiger partial charge in [0.2, 0.25) is 0 Å². The van der Waals surface area contributed by atoms with Gasteiger partial charge in [-0.25, -0.2) is 0 Å². The number of hydrogen-bond donors (Lipinski definition) is 1. The molecule has 2 nitrogen and oxygen atoms in total. The van der Waals surface area contributed by atoms with Gasteiger partial charge in [-0.3, -0.25) is 0 Å². The van der Waals surface area contributed by atoms with Crippen LogP contribution in [-0.4, -0.2) is 25.8 Å². The predicted molar refractivity (Wildman–Crippen MR) is 76.5 cm³/mol. The third-order valence-corrected chi connectivity index (χ3v) is 4.39. The molecule has 0 bridgehead atoms. The smallest absolute Gasteiger partial charge is 0.0757 e. The molecule has 1 aliphatic heterocycles. The van der Waals surface area contributed by atoms with E-state index in [1.807, 2.05) is 25.2 Å². The molecule has 3 unspecified atom stereocenters. The highest BCUT2D eigenvalue weighted by Crippen LogP contribution is 2.27. The van der Waals surface area contributed by atoms with Gasteiger partial charge in [-0.15, -0.1) is 0 Å². The first-order valence-corrected chi connectivity index (χ1v) is 7.10. The summed E-state index contributed by atoms with van der Waals surface area (Å²) in [7, 11) is 1.98. The molecule has 1 saturated heterocycles. The molecule has 18 heavy (non-hydrogen) atoms. The molecule has 0 saturated carbocycles. The van der Waals surface area contributed by atoms with Crippen LogP contribution in [0.15, 0.2) is 18.2 Å². The second-order valence-electron chi connectivity index (χ2n) is 4.95. The van der Waals surface area contributed by atoms with Gasteiger partial charge in [0.1, 0.15) is 0 Å². The van der Waals surface area contributed by atoms with Crippen molar-refractivity contribution in [2.75, 3.05) is 13.7 Å². The number of benzene rings is 1. The molecule has 0 radical (unpaired) electrons. The first kappa shape index (κ1) is 14.1. The van der Waals surface area contributed by atoms with Crippen LogP contribution in [0.5, 0.6) is 0 Å². The van der Waals surface area contributed by atoms with Crippen LogP contribution in [0.1, 0.15) is 18.9 Å². The fraction of sp³-hybridized carbons (Fsp3) is 0.571. The third-order valence-electron chi connectivity index (χ3n) is 3.65. The molecule has 3 atom stereocenters. The van der Waals surface area contributed by atoms with Crippen LogP contribution in [0, 0.1) is 5.92 Å². The molecule has 0 aliphatic carbocycles. The molecule has 0 amide bonds. The van der Waals surface area contributed by atoms with E-state index in [9.17, 15) is 0 Å². The average Bonchev–Trinajstić information content (AvgIpc) is 2.77. The molecule has 1 fully saturated rings. The average molecular weight is 288 g/mol. The van der Waals surface area contributed by atoms with Crippen LogP contribution >= 0.6 is 23.2 Å². The first-order valence-electron chi connectivity index (χ1n) is 6.34. The summed E-state index contributed by atoms with van der Waals surface area (Å²) in [5.41, 5.74) is 1.19. The maximum absolute atomic E-state index is 6.05. The summed E-state index contributed by atoms with van der Waals surface area (Å²) >= 11 is 12.0. The minimum atomic E-state index is 0.282. The van der Waals surface area contributed by atoms with E-state index >= 15 is 0 Å². The van der Waals surface area contributed by atoms with Crippen molar-refractivity contribution in [3.63, 3.8) is 0 Å². The zero-order valence-electron chi connectivity index (χ0n) is 10.7. The summed E-state index contributed by atoms with van der Waals surface area (Å²) in [5, 5.41) is 4.57. The van der Waals surface area contributed by atoms with E-state index in [4.69, 9.17) is 27.9 Å². The number of hydrogen-bond acceptors (Lipinski definition) is 2. The van der Waals surface area contributed by atoms with Crippen LogP contribution in [0.3, 0.4) is 0 Å².